The van der Waals surface area contributed by atoms with E-state index in [1.165, 1.54) is 0 Å². The van der Waals surface area contributed by atoms with Crippen LogP contribution < -0.4 is 5.32 Å². The molecule has 0 aromatic heterocycles. The van der Waals surface area contributed by atoms with Crippen LogP contribution in [0.4, 0.5) is 4.79 Å². The van der Waals surface area contributed by atoms with Gasteiger partial charge in [-0.05, 0) is 36.0 Å². The van der Waals surface area contributed by atoms with Gasteiger partial charge in [0.25, 0.3) is 0 Å². The second kappa shape index (κ2) is 12.7. The molecule has 2 aliphatic heterocycles. The molecule has 2 aliphatic rings. The third-order valence-electron chi connectivity index (χ3n) is 6.71. The zero-order chi connectivity index (χ0) is 26.2. The number of benzene rings is 2. The number of hydrogen-bond donors (Lipinski definition) is 1. The molecule has 0 aliphatic carbocycles. The number of thioether (sulfide) groups is 1. The maximum Gasteiger partial charge on any atom is 0.334 e. The van der Waals surface area contributed by atoms with Crippen molar-refractivity contribution in [2.75, 3.05) is 38.2 Å². The van der Waals surface area contributed by atoms with E-state index in [-0.39, 0.29) is 37.5 Å². The van der Waals surface area contributed by atoms with E-state index in [2.05, 4.69) is 11.2 Å². The first kappa shape index (κ1) is 26.6. The number of hydrogen-bond acceptors (Lipinski definition) is 5. The van der Waals surface area contributed by atoms with Crippen LogP contribution in [-0.4, -0.2) is 88.1 Å². The van der Waals surface area contributed by atoms with E-state index < -0.39 is 12.2 Å². The summed E-state index contributed by atoms with van der Waals surface area (Å²) in [6.07, 6.45) is 8.18. The highest BCUT2D eigenvalue weighted by Gasteiger charge is 2.50. The van der Waals surface area contributed by atoms with Gasteiger partial charge in [0.2, 0.25) is 11.8 Å². The van der Waals surface area contributed by atoms with Crippen LogP contribution in [0.1, 0.15) is 17.5 Å². The fraction of sp³-hybridized carbons (Fsp3) is 0.393. The van der Waals surface area contributed by atoms with Gasteiger partial charge in [0.05, 0.1) is 19.6 Å². The number of nitrogens with zero attached hydrogens (tertiary/aromatic N) is 4. The molecule has 2 heterocycles. The van der Waals surface area contributed by atoms with Gasteiger partial charge in [0.15, 0.2) is 0 Å². The zero-order valence-corrected chi connectivity index (χ0v) is 21.9. The Balaban J connectivity index is 1.60. The van der Waals surface area contributed by atoms with Crippen molar-refractivity contribution in [2.24, 2.45) is 0 Å². The van der Waals surface area contributed by atoms with Gasteiger partial charge in [-0.25, -0.2) is 9.80 Å². The van der Waals surface area contributed by atoms with Gasteiger partial charge in [-0.3, -0.25) is 9.59 Å². The molecule has 2 saturated heterocycles. The number of carbonyl (C=O) groups excluding carboxylic acids is 3. The predicted molar refractivity (Wildman–Crippen MR) is 145 cm³/mol. The second-order valence-electron chi connectivity index (χ2n) is 9.11. The Morgan fingerprint density at radius 2 is 1.76 bits per heavy atom. The monoisotopic (exact) mass is 519 g/mol. The van der Waals surface area contributed by atoms with Gasteiger partial charge in [-0.2, -0.15) is 16.8 Å². The Morgan fingerprint density at radius 3 is 2.41 bits per heavy atom. The van der Waals surface area contributed by atoms with E-state index >= 15 is 0 Å². The predicted octanol–water partition coefficient (Wildman–Crippen LogP) is 2.42. The molecular weight excluding hydrogens is 486 g/mol. The first-order valence-electron chi connectivity index (χ1n) is 12.5. The molecular formula is C28H33N5O3S. The van der Waals surface area contributed by atoms with Gasteiger partial charge in [0.1, 0.15) is 12.2 Å². The van der Waals surface area contributed by atoms with Gasteiger partial charge in [-0.1, -0.05) is 66.6 Å². The highest BCUT2D eigenvalue weighted by molar-refractivity contribution is 7.98. The molecule has 0 spiro atoms. The molecule has 9 heteroatoms. The number of piperazine rings is 1. The molecule has 4 rings (SSSR count). The Hall–Kier alpha value is -3.48. The third kappa shape index (κ3) is 6.27. The normalized spacial score (nSPS) is 19.9. The van der Waals surface area contributed by atoms with Crippen LogP contribution in [0.2, 0.25) is 0 Å². The van der Waals surface area contributed by atoms with Crippen molar-refractivity contribution >= 4 is 29.6 Å². The molecule has 0 saturated carbocycles. The van der Waals surface area contributed by atoms with E-state index in [0.29, 0.717) is 25.9 Å². The average Bonchev–Trinajstić information content (AvgIpc) is 2.92. The molecule has 2 atom stereocenters. The van der Waals surface area contributed by atoms with Crippen LogP contribution in [0.5, 0.6) is 0 Å². The molecule has 1 N–H and O–H groups in total. The van der Waals surface area contributed by atoms with Crippen molar-refractivity contribution in [3.05, 3.63) is 71.8 Å². The molecule has 2 fully saturated rings. The van der Waals surface area contributed by atoms with Crippen molar-refractivity contribution in [3.63, 3.8) is 0 Å². The summed E-state index contributed by atoms with van der Waals surface area (Å²) < 4.78 is 0. The summed E-state index contributed by atoms with van der Waals surface area (Å²) in [5.74, 6) is 3.05. The number of carbonyl (C=O) groups is 3. The number of rotatable bonds is 9. The minimum Gasteiger partial charge on any atom is -0.337 e. The van der Waals surface area contributed by atoms with Crippen LogP contribution in [-0.2, 0) is 22.6 Å². The van der Waals surface area contributed by atoms with E-state index in [1.807, 2.05) is 66.9 Å². The number of amides is 4. The average molecular weight is 520 g/mol. The first-order valence-corrected chi connectivity index (χ1v) is 13.8. The summed E-state index contributed by atoms with van der Waals surface area (Å²) in [4.78, 5) is 43.9. The van der Waals surface area contributed by atoms with Gasteiger partial charge in [-0.15, -0.1) is 6.42 Å². The van der Waals surface area contributed by atoms with Gasteiger partial charge < -0.3 is 15.1 Å². The van der Waals surface area contributed by atoms with Crippen molar-refractivity contribution in [1.29, 1.82) is 0 Å². The van der Waals surface area contributed by atoms with Crippen molar-refractivity contribution in [2.45, 2.75) is 31.6 Å². The van der Waals surface area contributed by atoms with Crippen LogP contribution in [0, 0.1) is 12.3 Å². The lowest BCUT2D eigenvalue weighted by atomic mass is 10.0. The zero-order valence-electron chi connectivity index (χ0n) is 21.1. The highest BCUT2D eigenvalue weighted by atomic mass is 32.2. The van der Waals surface area contributed by atoms with Gasteiger partial charge in [0, 0.05) is 13.1 Å². The van der Waals surface area contributed by atoms with E-state index in [1.54, 1.807) is 31.6 Å². The number of fused-ring (bicyclic) bond motifs is 1. The van der Waals surface area contributed by atoms with Crippen molar-refractivity contribution < 1.29 is 14.4 Å². The molecule has 194 valence electrons. The summed E-state index contributed by atoms with van der Waals surface area (Å²) in [5.41, 5.74) is 2.09. The van der Waals surface area contributed by atoms with Crippen LogP contribution in [0.15, 0.2) is 60.7 Å². The minimum atomic E-state index is -0.634. The largest absolute Gasteiger partial charge is 0.337 e. The smallest absolute Gasteiger partial charge is 0.334 e. The molecule has 4 amide bonds. The SMILES string of the molecule is C#CCN1CC(=O)N2[C@@H](CCSC)C(=O)N(CCc3ccccc3)C[C@@H]2N1C(=O)NCc1ccccc1. The lowest BCUT2D eigenvalue weighted by Crippen LogP contribution is -2.76. The lowest BCUT2D eigenvalue weighted by Gasteiger charge is -2.55. The Labute approximate surface area is 222 Å². The highest BCUT2D eigenvalue weighted by Crippen LogP contribution is 2.28. The Morgan fingerprint density at radius 1 is 1.08 bits per heavy atom. The molecule has 0 bridgehead atoms. The molecule has 8 nitrogen and oxygen atoms in total. The number of urea groups is 1. The van der Waals surface area contributed by atoms with E-state index in [9.17, 15) is 14.4 Å². The summed E-state index contributed by atoms with van der Waals surface area (Å²) in [7, 11) is 0. The van der Waals surface area contributed by atoms with E-state index in [4.69, 9.17) is 6.42 Å². The van der Waals surface area contributed by atoms with Crippen molar-refractivity contribution in [3.8, 4) is 12.3 Å². The number of terminal acetylenes is 1. The summed E-state index contributed by atoms with van der Waals surface area (Å²) in [5, 5.41) is 6.14. The standard InChI is InChI=1S/C28H33N5O3S/c1-3-16-31-21-26(34)32-24(15-18-37-2)27(35)30(17-14-22-10-6-4-7-11-22)20-25(32)33(31)28(36)29-19-23-12-8-5-9-13-23/h1,4-13,24-25H,14-21H2,2H3,(H,29,36)/t24-,25-/m0/s1. The summed E-state index contributed by atoms with van der Waals surface area (Å²) in [6.45, 7) is 1.14. The maximum atomic E-state index is 13.6. The lowest BCUT2D eigenvalue weighted by molar-refractivity contribution is -0.188. The molecule has 2 aromatic carbocycles. The molecule has 37 heavy (non-hydrogen) atoms. The van der Waals surface area contributed by atoms with Crippen LogP contribution in [0.25, 0.3) is 0 Å². The molecule has 2 aromatic rings. The van der Waals surface area contributed by atoms with Crippen molar-refractivity contribution in [1.82, 2.24) is 25.1 Å². The topological polar surface area (TPSA) is 76.2 Å². The number of hydrazine groups is 1. The third-order valence-corrected chi connectivity index (χ3v) is 7.35. The van der Waals surface area contributed by atoms with Gasteiger partial charge >= 0.3 is 6.03 Å². The Kier molecular flexibility index (Phi) is 9.09. The van der Waals surface area contributed by atoms with E-state index in [0.717, 1.165) is 16.9 Å². The van der Waals surface area contributed by atoms with Crippen LogP contribution >= 0.6 is 11.8 Å². The quantitative estimate of drug-likeness (QED) is 0.515. The van der Waals surface area contributed by atoms with Crippen LogP contribution in [0.3, 0.4) is 0 Å². The minimum absolute atomic E-state index is 0.0491. The number of nitrogens with one attached hydrogen (secondary N) is 1. The molecule has 0 radical (unpaired) electrons. The second-order valence-corrected chi connectivity index (χ2v) is 10.1. The fourth-order valence-corrected chi connectivity index (χ4v) is 5.37. The summed E-state index contributed by atoms with van der Waals surface area (Å²) >= 11 is 1.63. The first-order chi connectivity index (χ1) is 18.0. The summed E-state index contributed by atoms with van der Waals surface area (Å²) in [6, 6.07) is 18.7. The molecule has 0 unspecified atom stereocenters. The Bertz CT molecular complexity index is 1120. The maximum absolute atomic E-state index is 13.6. The fourth-order valence-electron chi connectivity index (χ4n) is 4.91.